The molecule has 0 unspecified atom stereocenters. The lowest BCUT2D eigenvalue weighted by Gasteiger charge is -2.01. The first kappa shape index (κ1) is 9.30. The van der Waals surface area contributed by atoms with Gasteiger partial charge in [0, 0.05) is 6.20 Å². The Labute approximate surface area is 90.8 Å². The van der Waals surface area contributed by atoms with Gasteiger partial charge in [-0.05, 0) is 45.2 Å². The summed E-state index contributed by atoms with van der Waals surface area (Å²) in [6, 6.07) is 0. The minimum atomic E-state index is 0.0156. The van der Waals surface area contributed by atoms with Gasteiger partial charge < -0.3 is 9.72 Å². The first-order valence-electron chi connectivity index (χ1n) is 2.77. The van der Waals surface area contributed by atoms with Gasteiger partial charge in [-0.1, -0.05) is 0 Å². The Morgan fingerprint density at radius 2 is 2.18 bits per heavy atom. The van der Waals surface area contributed by atoms with Gasteiger partial charge in [-0.2, -0.15) is 0 Å². The van der Waals surface area contributed by atoms with Gasteiger partial charge >= 0.3 is 0 Å². The second-order valence-corrected chi connectivity index (χ2v) is 4.05. The van der Waals surface area contributed by atoms with Crippen molar-refractivity contribution >= 4 is 45.2 Å². The second-order valence-electron chi connectivity index (χ2n) is 1.81. The molecule has 0 saturated carbocycles. The number of pyridine rings is 1. The summed E-state index contributed by atoms with van der Waals surface area (Å²) >= 11 is 3.94. The number of methoxy groups -OCH3 is 1. The normalized spacial score (nSPS) is 9.73. The Hall–Kier alpha value is 0.210. The van der Waals surface area contributed by atoms with Gasteiger partial charge in [-0.3, -0.25) is 4.79 Å². The zero-order chi connectivity index (χ0) is 8.43. The zero-order valence-corrected chi connectivity index (χ0v) is 9.96. The number of hydrogen-bond donors (Lipinski definition) is 1. The highest BCUT2D eigenvalue weighted by molar-refractivity contribution is 14.1. The van der Waals surface area contributed by atoms with Crippen molar-refractivity contribution in [2.45, 2.75) is 0 Å². The quantitative estimate of drug-likeness (QED) is 0.756. The van der Waals surface area contributed by atoms with E-state index in [-0.39, 0.29) is 5.43 Å². The molecule has 0 aliphatic rings. The van der Waals surface area contributed by atoms with Crippen LogP contribution in [-0.4, -0.2) is 12.1 Å². The lowest BCUT2D eigenvalue weighted by atomic mass is 10.5. The summed E-state index contributed by atoms with van der Waals surface area (Å²) in [7, 11) is 1.53. The molecule has 0 aromatic carbocycles. The summed E-state index contributed by atoms with van der Waals surface area (Å²) in [5.41, 5.74) is 0.0156. The molecule has 0 radical (unpaired) electrons. The summed E-state index contributed by atoms with van der Waals surface area (Å²) in [5, 5.41) is 0. The number of ether oxygens (including phenoxy) is 1. The molecule has 0 aliphatic carbocycles. The highest BCUT2D eigenvalue weighted by Crippen LogP contribution is 2.13. The number of H-pyrrole nitrogens is 1. The highest BCUT2D eigenvalue weighted by atomic mass is 127. The molecular formula is C6H5I2NO2. The van der Waals surface area contributed by atoms with Gasteiger partial charge in [0.2, 0.25) is 11.3 Å². The Morgan fingerprint density at radius 3 is 2.73 bits per heavy atom. The van der Waals surface area contributed by atoms with Crippen LogP contribution in [-0.2, 0) is 0 Å². The first-order valence-corrected chi connectivity index (χ1v) is 4.93. The van der Waals surface area contributed by atoms with E-state index < -0.39 is 0 Å². The maximum atomic E-state index is 11.2. The van der Waals surface area contributed by atoms with Gasteiger partial charge in [0.05, 0.1) is 10.7 Å². The van der Waals surface area contributed by atoms with Crippen LogP contribution in [0.25, 0.3) is 0 Å². The third kappa shape index (κ3) is 1.86. The van der Waals surface area contributed by atoms with Crippen molar-refractivity contribution in [2.24, 2.45) is 0 Å². The second kappa shape index (κ2) is 3.74. The van der Waals surface area contributed by atoms with E-state index in [4.69, 9.17) is 4.74 Å². The van der Waals surface area contributed by atoms with Crippen molar-refractivity contribution < 1.29 is 4.74 Å². The summed E-state index contributed by atoms with van der Waals surface area (Å²) < 4.78 is 6.18. The lowest BCUT2D eigenvalue weighted by Crippen LogP contribution is -2.11. The van der Waals surface area contributed by atoms with Gasteiger partial charge in [-0.25, -0.2) is 0 Å². The van der Waals surface area contributed by atoms with Crippen molar-refractivity contribution in [1.29, 1.82) is 0 Å². The predicted octanol–water partition coefficient (Wildman–Crippen LogP) is 1.59. The minimum Gasteiger partial charge on any atom is -0.481 e. The molecule has 60 valence electrons. The molecule has 11 heavy (non-hydrogen) atoms. The molecule has 0 saturated heterocycles. The van der Waals surface area contributed by atoms with E-state index >= 15 is 0 Å². The molecule has 1 aromatic rings. The maximum Gasteiger partial charge on any atom is 0.212 e. The molecule has 0 bridgehead atoms. The average Bonchev–Trinajstić information content (AvgIpc) is 2.01. The number of hydrogen-bond acceptors (Lipinski definition) is 2. The van der Waals surface area contributed by atoms with Crippen LogP contribution in [0.2, 0.25) is 0 Å². The van der Waals surface area contributed by atoms with E-state index in [0.717, 1.165) is 0 Å². The Bertz CT molecular complexity index is 321. The molecule has 1 N–H and O–H groups in total. The van der Waals surface area contributed by atoms with Crippen LogP contribution in [0.5, 0.6) is 5.88 Å². The molecule has 0 amide bonds. The summed E-state index contributed by atoms with van der Waals surface area (Å²) in [6.07, 6.45) is 1.63. The van der Waals surface area contributed by atoms with Gasteiger partial charge in [0.25, 0.3) is 0 Å². The molecule has 3 nitrogen and oxygen atoms in total. The van der Waals surface area contributed by atoms with E-state index in [1.807, 2.05) is 45.2 Å². The van der Waals surface area contributed by atoms with Crippen LogP contribution in [0.15, 0.2) is 11.0 Å². The van der Waals surface area contributed by atoms with Crippen LogP contribution >= 0.6 is 45.2 Å². The van der Waals surface area contributed by atoms with Gasteiger partial charge in [0.1, 0.15) is 3.57 Å². The Balaban J connectivity index is 3.37. The SMILES string of the molecule is COc1[nH]cc(I)c(=O)c1I. The number of halogens is 2. The highest BCUT2D eigenvalue weighted by Gasteiger charge is 2.06. The fraction of sp³-hybridized carbons (Fsp3) is 0.167. The number of aromatic nitrogens is 1. The topological polar surface area (TPSA) is 42.1 Å². The van der Waals surface area contributed by atoms with Crippen molar-refractivity contribution in [3.63, 3.8) is 0 Å². The minimum absolute atomic E-state index is 0.0156. The summed E-state index contributed by atoms with van der Waals surface area (Å²) in [6.45, 7) is 0. The lowest BCUT2D eigenvalue weighted by molar-refractivity contribution is 0.394. The maximum absolute atomic E-state index is 11.2. The van der Waals surface area contributed by atoms with Crippen LogP contribution in [0, 0.1) is 7.14 Å². The molecule has 0 aliphatic heterocycles. The molecule has 1 heterocycles. The Kier molecular flexibility index (Phi) is 3.16. The van der Waals surface area contributed by atoms with Crippen LogP contribution in [0.3, 0.4) is 0 Å². The van der Waals surface area contributed by atoms with Gasteiger partial charge in [-0.15, -0.1) is 0 Å². The number of nitrogens with one attached hydrogen (secondary N) is 1. The van der Waals surface area contributed by atoms with Crippen LogP contribution < -0.4 is 10.2 Å². The van der Waals surface area contributed by atoms with Crippen molar-refractivity contribution in [3.05, 3.63) is 23.6 Å². The monoisotopic (exact) mass is 377 g/mol. The van der Waals surface area contributed by atoms with Crippen LogP contribution in [0.4, 0.5) is 0 Å². The number of aromatic amines is 1. The smallest absolute Gasteiger partial charge is 0.212 e. The van der Waals surface area contributed by atoms with Gasteiger partial charge in [0.15, 0.2) is 0 Å². The number of rotatable bonds is 1. The van der Waals surface area contributed by atoms with Crippen molar-refractivity contribution in [1.82, 2.24) is 4.98 Å². The van der Waals surface area contributed by atoms with Crippen molar-refractivity contribution in [2.75, 3.05) is 7.11 Å². The predicted molar refractivity (Wildman–Crippen MR) is 59.0 cm³/mol. The van der Waals surface area contributed by atoms with E-state index in [0.29, 0.717) is 13.0 Å². The van der Waals surface area contributed by atoms with E-state index in [9.17, 15) is 4.79 Å². The molecule has 0 atom stereocenters. The molecule has 0 fully saturated rings. The summed E-state index contributed by atoms with van der Waals surface area (Å²) in [4.78, 5) is 14.1. The van der Waals surface area contributed by atoms with E-state index in [2.05, 4.69) is 4.98 Å². The first-order chi connectivity index (χ1) is 5.16. The van der Waals surface area contributed by atoms with Crippen LogP contribution in [0.1, 0.15) is 0 Å². The molecule has 5 heteroatoms. The molecule has 1 aromatic heterocycles. The third-order valence-corrected chi connectivity index (χ3v) is 2.93. The van der Waals surface area contributed by atoms with E-state index in [1.165, 1.54) is 7.11 Å². The third-order valence-electron chi connectivity index (χ3n) is 1.15. The zero-order valence-electron chi connectivity index (χ0n) is 5.65. The summed E-state index contributed by atoms with van der Waals surface area (Å²) in [5.74, 6) is 0.524. The van der Waals surface area contributed by atoms with Crippen molar-refractivity contribution in [3.8, 4) is 5.88 Å². The Morgan fingerprint density at radius 1 is 1.55 bits per heavy atom. The molecule has 1 rings (SSSR count). The molecule has 0 spiro atoms. The van der Waals surface area contributed by atoms with E-state index in [1.54, 1.807) is 6.20 Å². The largest absolute Gasteiger partial charge is 0.481 e. The average molecular weight is 377 g/mol. The fourth-order valence-electron chi connectivity index (χ4n) is 0.614. The fourth-order valence-corrected chi connectivity index (χ4v) is 2.22. The molecular weight excluding hydrogens is 372 g/mol. The standard InChI is InChI=1S/C6H5I2NO2/c1-11-6-4(8)5(10)3(7)2-9-6/h2H,1H3,(H,9,10).